The molecule has 0 fully saturated rings. The van der Waals surface area contributed by atoms with Gasteiger partial charge in [-0.15, -0.1) is 21.5 Å². The van der Waals surface area contributed by atoms with Crippen molar-refractivity contribution in [1.82, 2.24) is 14.8 Å². The molecular formula is C16H10Cl2N4OS. The molecule has 0 bridgehead atoms. The van der Waals surface area contributed by atoms with Crippen LogP contribution in [0.15, 0.2) is 35.3 Å². The summed E-state index contributed by atoms with van der Waals surface area (Å²) in [6.07, 6.45) is 0. The quantitative estimate of drug-likeness (QED) is 0.630. The number of carbonyl (C=O) groups excluding carboxylic acids is 1. The standard InChI is InChI=1S/C16H10Cl2N4OS/c1-8(23)15-21-20-13-7-19-14(9-4-2-3-5-11(9)17)10-6-12(18)24-16(10)22(13)15/h2-6H,7H2,1H3. The molecule has 0 N–H and O–H groups in total. The third kappa shape index (κ3) is 2.38. The van der Waals surface area contributed by atoms with Crippen LogP contribution in [-0.2, 0) is 6.54 Å². The van der Waals surface area contributed by atoms with E-state index in [1.165, 1.54) is 18.3 Å². The summed E-state index contributed by atoms with van der Waals surface area (Å²) in [7, 11) is 0. The number of carbonyl (C=O) groups is 1. The molecule has 5 nitrogen and oxygen atoms in total. The highest BCUT2D eigenvalue weighted by atomic mass is 35.5. The molecule has 3 heterocycles. The van der Waals surface area contributed by atoms with Gasteiger partial charge in [0.2, 0.25) is 5.82 Å². The summed E-state index contributed by atoms with van der Waals surface area (Å²) in [6.45, 7) is 1.77. The second-order valence-electron chi connectivity index (χ2n) is 5.25. The van der Waals surface area contributed by atoms with Crippen molar-refractivity contribution in [3.63, 3.8) is 0 Å². The first kappa shape index (κ1) is 15.5. The smallest absolute Gasteiger partial charge is 0.205 e. The van der Waals surface area contributed by atoms with Crippen molar-refractivity contribution < 1.29 is 4.79 Å². The van der Waals surface area contributed by atoms with Crippen molar-refractivity contribution in [3.8, 4) is 5.00 Å². The van der Waals surface area contributed by atoms with Gasteiger partial charge >= 0.3 is 0 Å². The maximum absolute atomic E-state index is 11.9. The number of halogens is 2. The normalized spacial score (nSPS) is 13.0. The van der Waals surface area contributed by atoms with Crippen LogP contribution in [0.4, 0.5) is 0 Å². The molecule has 1 aromatic carbocycles. The van der Waals surface area contributed by atoms with Crippen LogP contribution in [-0.4, -0.2) is 26.3 Å². The largest absolute Gasteiger partial charge is 0.291 e. The van der Waals surface area contributed by atoms with E-state index in [4.69, 9.17) is 23.2 Å². The number of benzene rings is 1. The van der Waals surface area contributed by atoms with Gasteiger partial charge in [-0.1, -0.05) is 41.4 Å². The monoisotopic (exact) mass is 376 g/mol. The number of Topliss-reactive ketones (excluding diaryl/α,β-unsaturated/α-hetero) is 1. The van der Waals surface area contributed by atoms with Gasteiger partial charge in [-0.25, -0.2) is 0 Å². The molecular weight excluding hydrogens is 367 g/mol. The van der Waals surface area contributed by atoms with Crippen LogP contribution in [0.25, 0.3) is 5.00 Å². The molecule has 0 saturated heterocycles. The Morgan fingerprint density at radius 2 is 2.00 bits per heavy atom. The summed E-state index contributed by atoms with van der Waals surface area (Å²) in [5, 5.41) is 9.49. The summed E-state index contributed by atoms with van der Waals surface area (Å²) >= 11 is 14.0. The third-order valence-electron chi connectivity index (χ3n) is 3.69. The second-order valence-corrected chi connectivity index (χ2v) is 7.31. The molecule has 1 aliphatic heterocycles. The van der Waals surface area contributed by atoms with Crippen molar-refractivity contribution >= 4 is 46.0 Å². The lowest BCUT2D eigenvalue weighted by molar-refractivity contribution is 0.100. The minimum Gasteiger partial charge on any atom is -0.291 e. The molecule has 120 valence electrons. The van der Waals surface area contributed by atoms with Crippen LogP contribution >= 0.6 is 34.5 Å². The predicted octanol–water partition coefficient (Wildman–Crippen LogP) is 4.19. The highest BCUT2D eigenvalue weighted by molar-refractivity contribution is 7.19. The lowest BCUT2D eigenvalue weighted by Gasteiger charge is -2.08. The Hall–Kier alpha value is -2.02. The zero-order valence-electron chi connectivity index (χ0n) is 12.5. The Bertz CT molecular complexity index is 1010. The van der Waals surface area contributed by atoms with Gasteiger partial charge < -0.3 is 0 Å². The van der Waals surface area contributed by atoms with Crippen molar-refractivity contribution in [2.45, 2.75) is 13.5 Å². The molecule has 2 aromatic heterocycles. The molecule has 8 heteroatoms. The number of fused-ring (bicyclic) bond motifs is 3. The Morgan fingerprint density at radius 3 is 2.75 bits per heavy atom. The number of aliphatic imine (C=N–C) groups is 1. The van der Waals surface area contributed by atoms with Crippen molar-refractivity contribution in [2.24, 2.45) is 4.99 Å². The van der Waals surface area contributed by atoms with Gasteiger partial charge in [-0.2, -0.15) is 0 Å². The van der Waals surface area contributed by atoms with E-state index in [1.54, 1.807) is 4.57 Å². The van der Waals surface area contributed by atoms with Crippen LogP contribution in [0.3, 0.4) is 0 Å². The number of ketones is 1. The van der Waals surface area contributed by atoms with Crippen LogP contribution in [0, 0.1) is 0 Å². The van der Waals surface area contributed by atoms with Crippen LogP contribution < -0.4 is 0 Å². The molecule has 0 amide bonds. The molecule has 0 radical (unpaired) electrons. The molecule has 0 atom stereocenters. The SMILES string of the molecule is CC(=O)c1nnc2n1-c1sc(Cl)cc1C(c1ccccc1Cl)=NC2. The van der Waals surface area contributed by atoms with E-state index >= 15 is 0 Å². The Labute approximate surface area is 151 Å². The lowest BCUT2D eigenvalue weighted by atomic mass is 10.0. The number of rotatable bonds is 2. The average molecular weight is 377 g/mol. The van der Waals surface area contributed by atoms with E-state index in [1.807, 2.05) is 30.3 Å². The van der Waals surface area contributed by atoms with E-state index in [-0.39, 0.29) is 11.6 Å². The van der Waals surface area contributed by atoms with Gasteiger partial charge in [0.05, 0.1) is 10.0 Å². The fourth-order valence-electron chi connectivity index (χ4n) is 2.67. The summed E-state index contributed by atoms with van der Waals surface area (Å²) in [5.41, 5.74) is 2.37. The zero-order chi connectivity index (χ0) is 16.8. The van der Waals surface area contributed by atoms with Gasteiger partial charge in [0.15, 0.2) is 11.6 Å². The Morgan fingerprint density at radius 1 is 1.21 bits per heavy atom. The fourth-order valence-corrected chi connectivity index (χ4v) is 4.13. The third-order valence-corrected chi connectivity index (χ3v) is 5.27. The van der Waals surface area contributed by atoms with Gasteiger partial charge in [0.25, 0.3) is 0 Å². The molecule has 0 saturated carbocycles. The molecule has 1 aliphatic rings. The fraction of sp³-hybridized carbons (Fsp3) is 0.125. The molecule has 24 heavy (non-hydrogen) atoms. The van der Waals surface area contributed by atoms with Gasteiger partial charge in [-0.05, 0) is 12.1 Å². The van der Waals surface area contributed by atoms with Crippen molar-refractivity contribution in [2.75, 3.05) is 0 Å². The van der Waals surface area contributed by atoms with Gasteiger partial charge in [0.1, 0.15) is 11.5 Å². The van der Waals surface area contributed by atoms with Crippen LogP contribution in [0.1, 0.15) is 34.5 Å². The number of hydrogen-bond acceptors (Lipinski definition) is 5. The Balaban J connectivity index is 2.00. The van der Waals surface area contributed by atoms with E-state index in [9.17, 15) is 4.79 Å². The predicted molar refractivity (Wildman–Crippen MR) is 95.0 cm³/mol. The summed E-state index contributed by atoms with van der Waals surface area (Å²) in [6, 6.07) is 9.34. The molecule has 0 aliphatic carbocycles. The minimum atomic E-state index is -0.162. The van der Waals surface area contributed by atoms with E-state index < -0.39 is 0 Å². The second kappa shape index (κ2) is 5.81. The van der Waals surface area contributed by atoms with Gasteiger partial charge in [-0.3, -0.25) is 14.4 Å². The molecule has 4 rings (SSSR count). The van der Waals surface area contributed by atoms with Crippen LogP contribution in [0.5, 0.6) is 0 Å². The number of nitrogens with zero attached hydrogens (tertiary/aromatic N) is 4. The molecule has 3 aromatic rings. The highest BCUT2D eigenvalue weighted by Crippen LogP contribution is 2.36. The van der Waals surface area contributed by atoms with Crippen LogP contribution in [0.2, 0.25) is 9.36 Å². The minimum absolute atomic E-state index is 0.162. The van der Waals surface area contributed by atoms with E-state index in [2.05, 4.69) is 15.2 Å². The Kier molecular flexibility index (Phi) is 3.75. The van der Waals surface area contributed by atoms with E-state index in [0.717, 1.165) is 21.8 Å². The number of hydrogen-bond donors (Lipinski definition) is 0. The number of aromatic nitrogens is 3. The lowest BCUT2D eigenvalue weighted by Crippen LogP contribution is -2.09. The maximum atomic E-state index is 11.9. The first-order chi connectivity index (χ1) is 11.6. The maximum Gasteiger partial charge on any atom is 0.205 e. The molecule has 0 spiro atoms. The summed E-state index contributed by atoms with van der Waals surface area (Å²) in [5.74, 6) is 0.716. The average Bonchev–Trinajstić information content (AvgIpc) is 3.09. The number of thiophene rings is 1. The zero-order valence-corrected chi connectivity index (χ0v) is 14.8. The first-order valence-corrected chi connectivity index (χ1v) is 8.68. The van der Waals surface area contributed by atoms with Crippen molar-refractivity contribution in [3.05, 3.63) is 62.5 Å². The molecule has 0 unspecified atom stereocenters. The summed E-state index contributed by atoms with van der Waals surface area (Å²) in [4.78, 5) is 16.6. The van der Waals surface area contributed by atoms with Crippen molar-refractivity contribution in [1.29, 1.82) is 0 Å². The van der Waals surface area contributed by atoms with E-state index in [0.29, 0.717) is 21.7 Å². The topological polar surface area (TPSA) is 60.1 Å². The highest BCUT2D eigenvalue weighted by Gasteiger charge is 2.27. The van der Waals surface area contributed by atoms with Gasteiger partial charge in [0, 0.05) is 23.1 Å². The summed E-state index contributed by atoms with van der Waals surface area (Å²) < 4.78 is 2.33. The first-order valence-electron chi connectivity index (χ1n) is 7.11.